The van der Waals surface area contributed by atoms with Gasteiger partial charge in [0.05, 0.1) is 17.6 Å². The van der Waals surface area contributed by atoms with Crippen LogP contribution in [-0.2, 0) is 32.2 Å². The summed E-state index contributed by atoms with van der Waals surface area (Å²) in [7, 11) is -2.46. The highest BCUT2D eigenvalue weighted by Gasteiger charge is 2.29. The second kappa shape index (κ2) is 7.82. The minimum absolute atomic E-state index is 0.0904. The van der Waals surface area contributed by atoms with Gasteiger partial charge in [-0.2, -0.15) is 0 Å². The summed E-state index contributed by atoms with van der Waals surface area (Å²) in [6, 6.07) is 7.82. The Balaban J connectivity index is 1.85. The van der Waals surface area contributed by atoms with E-state index in [-0.39, 0.29) is 4.90 Å². The lowest BCUT2D eigenvalue weighted by Gasteiger charge is -2.18. The molecule has 1 amide bonds. The molecule has 144 valence electrons. The minimum atomic E-state index is -3.75. The molecule has 0 fully saturated rings. The molecule has 27 heavy (non-hydrogen) atoms. The second-order valence-electron chi connectivity index (χ2n) is 6.67. The molecule has 1 aliphatic carbocycles. The normalized spacial score (nSPS) is 16.4. The molecule has 1 aromatic carbocycles. The topological polar surface area (TPSA) is 89.5 Å². The third-order valence-electron chi connectivity index (χ3n) is 4.58. The van der Waals surface area contributed by atoms with E-state index >= 15 is 0 Å². The molecule has 1 aliphatic rings. The Morgan fingerprint density at radius 1 is 1.26 bits per heavy atom. The van der Waals surface area contributed by atoms with Gasteiger partial charge in [-0.05, 0) is 42.9 Å². The standard InChI is InChI=1S/C19H21NO5S2/c1-12-8-9-14-15(10-12)26-18(17(14)19(22)25-2)20-16(21)11-27(23,24)13-6-4-3-5-7-13/h3-7,12H,8-11H2,1-2H3,(H,20,21). The van der Waals surface area contributed by atoms with E-state index in [9.17, 15) is 18.0 Å². The number of sulfone groups is 1. The second-order valence-corrected chi connectivity index (χ2v) is 9.76. The first kappa shape index (κ1) is 19.6. The maximum atomic E-state index is 12.4. The number of amides is 1. The predicted molar refractivity (Wildman–Crippen MR) is 104 cm³/mol. The average Bonchev–Trinajstić information content (AvgIpc) is 2.97. The highest BCUT2D eigenvalue weighted by Crippen LogP contribution is 2.40. The number of thiophene rings is 1. The number of carbonyl (C=O) groups is 2. The van der Waals surface area contributed by atoms with Crippen LogP contribution in [0.5, 0.6) is 0 Å². The monoisotopic (exact) mass is 407 g/mol. The number of fused-ring (bicyclic) bond motifs is 1. The number of hydrogen-bond acceptors (Lipinski definition) is 6. The minimum Gasteiger partial charge on any atom is -0.465 e. The van der Waals surface area contributed by atoms with E-state index in [1.165, 1.54) is 30.6 Å². The Labute approximate surface area is 162 Å². The fourth-order valence-electron chi connectivity index (χ4n) is 3.20. The molecule has 0 saturated carbocycles. The Kier molecular flexibility index (Phi) is 5.67. The molecule has 1 atom stereocenters. The Morgan fingerprint density at radius 3 is 2.63 bits per heavy atom. The summed E-state index contributed by atoms with van der Waals surface area (Å²) in [4.78, 5) is 25.8. The van der Waals surface area contributed by atoms with Gasteiger partial charge in [0.2, 0.25) is 5.91 Å². The van der Waals surface area contributed by atoms with E-state index in [0.717, 1.165) is 29.7 Å². The van der Waals surface area contributed by atoms with Gasteiger partial charge >= 0.3 is 5.97 Å². The van der Waals surface area contributed by atoms with Gasteiger partial charge in [0.25, 0.3) is 0 Å². The smallest absolute Gasteiger partial charge is 0.341 e. The summed E-state index contributed by atoms with van der Waals surface area (Å²) in [6.07, 6.45) is 2.54. The van der Waals surface area contributed by atoms with Crippen molar-refractivity contribution in [3.05, 3.63) is 46.3 Å². The third kappa shape index (κ3) is 4.22. The van der Waals surface area contributed by atoms with Crippen LogP contribution in [0.15, 0.2) is 35.2 Å². The maximum absolute atomic E-state index is 12.4. The summed E-state index contributed by atoms with van der Waals surface area (Å²) < 4.78 is 29.7. The zero-order valence-electron chi connectivity index (χ0n) is 15.2. The first-order valence-corrected chi connectivity index (χ1v) is 11.1. The van der Waals surface area contributed by atoms with E-state index in [1.54, 1.807) is 18.2 Å². The third-order valence-corrected chi connectivity index (χ3v) is 7.38. The number of esters is 1. The van der Waals surface area contributed by atoms with Crippen molar-refractivity contribution in [1.82, 2.24) is 0 Å². The predicted octanol–water partition coefficient (Wildman–Crippen LogP) is 3.07. The van der Waals surface area contributed by atoms with Crippen LogP contribution in [0.3, 0.4) is 0 Å². The van der Waals surface area contributed by atoms with Crippen molar-refractivity contribution < 1.29 is 22.7 Å². The molecule has 0 spiro atoms. The van der Waals surface area contributed by atoms with Crippen LogP contribution >= 0.6 is 11.3 Å². The molecular weight excluding hydrogens is 386 g/mol. The van der Waals surface area contributed by atoms with Crippen molar-refractivity contribution in [2.75, 3.05) is 18.2 Å². The van der Waals surface area contributed by atoms with E-state index in [4.69, 9.17) is 4.74 Å². The van der Waals surface area contributed by atoms with Gasteiger partial charge in [-0.1, -0.05) is 25.1 Å². The average molecular weight is 408 g/mol. The number of benzene rings is 1. The molecule has 0 radical (unpaired) electrons. The lowest BCUT2D eigenvalue weighted by molar-refractivity contribution is -0.113. The number of anilines is 1. The summed E-state index contributed by atoms with van der Waals surface area (Å²) in [6.45, 7) is 2.14. The van der Waals surface area contributed by atoms with Crippen molar-refractivity contribution in [2.24, 2.45) is 5.92 Å². The Bertz CT molecular complexity index is 963. The largest absolute Gasteiger partial charge is 0.465 e. The molecule has 0 aliphatic heterocycles. The van der Waals surface area contributed by atoms with Gasteiger partial charge in [-0.3, -0.25) is 4.79 Å². The van der Waals surface area contributed by atoms with Crippen LogP contribution in [0.4, 0.5) is 5.00 Å². The van der Waals surface area contributed by atoms with Crippen molar-refractivity contribution in [3.63, 3.8) is 0 Å². The highest BCUT2D eigenvalue weighted by atomic mass is 32.2. The lowest BCUT2D eigenvalue weighted by Crippen LogP contribution is -2.23. The molecule has 8 heteroatoms. The van der Waals surface area contributed by atoms with E-state index in [0.29, 0.717) is 16.5 Å². The Morgan fingerprint density at radius 2 is 1.96 bits per heavy atom. The Hall–Kier alpha value is -2.19. The van der Waals surface area contributed by atoms with Gasteiger partial charge in [-0.15, -0.1) is 11.3 Å². The molecular formula is C19H21NO5S2. The zero-order chi connectivity index (χ0) is 19.6. The fourth-order valence-corrected chi connectivity index (χ4v) is 5.77. The zero-order valence-corrected chi connectivity index (χ0v) is 16.8. The molecule has 6 nitrogen and oxygen atoms in total. The summed E-state index contributed by atoms with van der Waals surface area (Å²) in [5.41, 5.74) is 1.26. The molecule has 3 rings (SSSR count). The molecule has 1 heterocycles. The number of carbonyl (C=O) groups excluding carboxylic acids is 2. The summed E-state index contributed by atoms with van der Waals surface area (Å²) in [5.74, 6) is -1.36. The quantitative estimate of drug-likeness (QED) is 0.770. The van der Waals surface area contributed by atoms with Crippen LogP contribution in [-0.4, -0.2) is 33.2 Å². The lowest BCUT2D eigenvalue weighted by atomic mass is 9.88. The van der Waals surface area contributed by atoms with Crippen molar-refractivity contribution in [2.45, 2.75) is 31.1 Å². The van der Waals surface area contributed by atoms with Gasteiger partial charge < -0.3 is 10.1 Å². The van der Waals surface area contributed by atoms with Crippen LogP contribution in [0.2, 0.25) is 0 Å². The van der Waals surface area contributed by atoms with Crippen LogP contribution in [0, 0.1) is 5.92 Å². The van der Waals surface area contributed by atoms with Gasteiger partial charge in [0.15, 0.2) is 9.84 Å². The molecule has 0 bridgehead atoms. The number of rotatable bonds is 5. The van der Waals surface area contributed by atoms with Crippen LogP contribution in [0.1, 0.15) is 34.1 Å². The number of hydrogen-bond donors (Lipinski definition) is 1. The van der Waals surface area contributed by atoms with Gasteiger partial charge in [0, 0.05) is 4.88 Å². The molecule has 2 aromatic rings. The first-order valence-electron chi connectivity index (χ1n) is 8.62. The summed E-state index contributed by atoms with van der Waals surface area (Å²) >= 11 is 1.33. The van der Waals surface area contributed by atoms with E-state index < -0.39 is 27.5 Å². The SMILES string of the molecule is COC(=O)c1c(NC(=O)CS(=O)(=O)c2ccccc2)sc2c1CCC(C)C2. The highest BCUT2D eigenvalue weighted by molar-refractivity contribution is 7.92. The van der Waals surface area contributed by atoms with Crippen LogP contribution < -0.4 is 5.32 Å². The van der Waals surface area contributed by atoms with E-state index in [1.807, 2.05) is 0 Å². The van der Waals surface area contributed by atoms with Crippen LogP contribution in [0.25, 0.3) is 0 Å². The molecule has 0 saturated heterocycles. The molecule has 1 unspecified atom stereocenters. The van der Waals surface area contributed by atoms with Crippen molar-refractivity contribution >= 4 is 38.1 Å². The van der Waals surface area contributed by atoms with Crippen molar-refractivity contribution in [1.29, 1.82) is 0 Å². The number of ether oxygens (including phenoxy) is 1. The molecule has 1 aromatic heterocycles. The maximum Gasteiger partial charge on any atom is 0.341 e. The first-order chi connectivity index (χ1) is 12.8. The summed E-state index contributed by atoms with van der Waals surface area (Å²) in [5, 5.41) is 2.99. The number of nitrogens with one attached hydrogen (secondary N) is 1. The van der Waals surface area contributed by atoms with Crippen molar-refractivity contribution in [3.8, 4) is 0 Å². The fraction of sp³-hybridized carbons (Fsp3) is 0.368. The van der Waals surface area contributed by atoms with E-state index in [2.05, 4.69) is 12.2 Å². The number of methoxy groups -OCH3 is 1. The van der Waals surface area contributed by atoms with Gasteiger partial charge in [0.1, 0.15) is 10.8 Å². The molecule has 1 N–H and O–H groups in total. The van der Waals surface area contributed by atoms with Gasteiger partial charge in [-0.25, -0.2) is 13.2 Å².